The summed E-state index contributed by atoms with van der Waals surface area (Å²) >= 11 is 0. The quantitative estimate of drug-likeness (QED) is 0.562. The predicted molar refractivity (Wildman–Crippen MR) is 59.9 cm³/mol. The fraction of sp³-hybridized carbons (Fsp3) is 0.385. The van der Waals surface area contributed by atoms with Gasteiger partial charge in [0.1, 0.15) is 0 Å². The summed E-state index contributed by atoms with van der Waals surface area (Å²) in [5.41, 5.74) is 5.95. The van der Waals surface area contributed by atoms with Gasteiger partial charge in [0.25, 0.3) is 0 Å². The van der Waals surface area contributed by atoms with Crippen LogP contribution in [0.4, 0.5) is 5.69 Å². The molecule has 2 heterocycles. The lowest BCUT2D eigenvalue weighted by atomic mass is 10.00. The van der Waals surface area contributed by atoms with Gasteiger partial charge < -0.3 is 4.90 Å². The van der Waals surface area contributed by atoms with Crippen LogP contribution in [0.3, 0.4) is 0 Å². The standard InChI is InChI=1S/C13H15N/c1-9-5-6-13-12(10(9)2)8-11-4-3-7-14(11)13/h3-6,11H,7-8H2,1-2H3. The van der Waals surface area contributed by atoms with Crippen molar-refractivity contribution in [3.05, 3.63) is 41.0 Å². The molecule has 1 heteroatoms. The molecule has 1 unspecified atom stereocenters. The molecule has 3 rings (SSSR count). The molecule has 2 aliphatic rings. The molecule has 14 heavy (non-hydrogen) atoms. The highest BCUT2D eigenvalue weighted by Crippen LogP contribution is 2.37. The Morgan fingerprint density at radius 2 is 2.14 bits per heavy atom. The largest absolute Gasteiger partial charge is 0.361 e. The minimum atomic E-state index is 0.644. The number of aryl methyl sites for hydroxylation is 1. The normalized spacial score (nSPS) is 22.7. The molecular weight excluding hydrogens is 170 g/mol. The maximum absolute atomic E-state index is 2.50. The zero-order valence-corrected chi connectivity index (χ0v) is 8.75. The predicted octanol–water partition coefficient (Wildman–Crippen LogP) is 2.60. The lowest BCUT2D eigenvalue weighted by molar-refractivity contribution is 0.807. The Morgan fingerprint density at radius 1 is 1.29 bits per heavy atom. The minimum absolute atomic E-state index is 0.644. The van der Waals surface area contributed by atoms with E-state index in [1.165, 1.54) is 23.2 Å². The van der Waals surface area contributed by atoms with Crippen LogP contribution in [0, 0.1) is 13.8 Å². The summed E-state index contributed by atoms with van der Waals surface area (Å²) in [6, 6.07) is 5.17. The molecular formula is C13H15N. The van der Waals surface area contributed by atoms with Crippen LogP contribution >= 0.6 is 0 Å². The van der Waals surface area contributed by atoms with Gasteiger partial charge >= 0.3 is 0 Å². The van der Waals surface area contributed by atoms with Crippen LogP contribution < -0.4 is 4.90 Å². The Kier molecular flexibility index (Phi) is 1.52. The molecule has 0 amide bonds. The van der Waals surface area contributed by atoms with Crippen LogP contribution in [-0.4, -0.2) is 12.6 Å². The van der Waals surface area contributed by atoms with Crippen molar-refractivity contribution in [2.24, 2.45) is 0 Å². The number of hydrogen-bond acceptors (Lipinski definition) is 1. The highest BCUT2D eigenvalue weighted by molar-refractivity contribution is 5.66. The zero-order chi connectivity index (χ0) is 9.71. The highest BCUT2D eigenvalue weighted by atomic mass is 15.2. The summed E-state index contributed by atoms with van der Waals surface area (Å²) in [6.07, 6.45) is 5.83. The molecule has 0 aliphatic carbocycles. The number of fused-ring (bicyclic) bond motifs is 3. The van der Waals surface area contributed by atoms with Crippen LogP contribution in [0.15, 0.2) is 24.3 Å². The van der Waals surface area contributed by atoms with E-state index in [4.69, 9.17) is 0 Å². The van der Waals surface area contributed by atoms with E-state index in [2.05, 4.69) is 43.0 Å². The van der Waals surface area contributed by atoms with Crippen LogP contribution in [0.1, 0.15) is 16.7 Å². The van der Waals surface area contributed by atoms with Gasteiger partial charge in [-0.1, -0.05) is 18.2 Å². The highest BCUT2D eigenvalue weighted by Gasteiger charge is 2.30. The molecule has 0 saturated carbocycles. The van der Waals surface area contributed by atoms with E-state index in [0.29, 0.717) is 6.04 Å². The SMILES string of the molecule is Cc1ccc2c(c1C)CC1C=CCN21. The van der Waals surface area contributed by atoms with Gasteiger partial charge in [-0.2, -0.15) is 0 Å². The molecule has 72 valence electrons. The molecule has 0 N–H and O–H groups in total. The van der Waals surface area contributed by atoms with E-state index in [-0.39, 0.29) is 0 Å². The summed E-state index contributed by atoms with van der Waals surface area (Å²) < 4.78 is 0. The van der Waals surface area contributed by atoms with E-state index in [9.17, 15) is 0 Å². The summed E-state index contributed by atoms with van der Waals surface area (Å²) in [5.74, 6) is 0. The van der Waals surface area contributed by atoms with Crippen LogP contribution in [-0.2, 0) is 6.42 Å². The van der Waals surface area contributed by atoms with Gasteiger partial charge in [0.15, 0.2) is 0 Å². The van der Waals surface area contributed by atoms with Crippen LogP contribution in [0.25, 0.3) is 0 Å². The number of nitrogens with zero attached hydrogens (tertiary/aromatic N) is 1. The number of hydrogen-bond donors (Lipinski definition) is 0. The van der Waals surface area contributed by atoms with Crippen LogP contribution in [0.5, 0.6) is 0 Å². The fourth-order valence-corrected chi connectivity index (χ4v) is 2.62. The zero-order valence-electron chi connectivity index (χ0n) is 8.75. The second kappa shape index (κ2) is 2.63. The van der Waals surface area contributed by atoms with Gasteiger partial charge in [0, 0.05) is 12.2 Å². The molecule has 1 aromatic rings. The van der Waals surface area contributed by atoms with Crippen LogP contribution in [0.2, 0.25) is 0 Å². The second-order valence-electron chi connectivity index (χ2n) is 4.36. The number of rotatable bonds is 0. The van der Waals surface area contributed by atoms with Gasteiger partial charge in [-0.3, -0.25) is 0 Å². The molecule has 0 fully saturated rings. The molecule has 0 radical (unpaired) electrons. The van der Waals surface area contributed by atoms with Gasteiger partial charge in [-0.15, -0.1) is 0 Å². The third-order valence-corrected chi connectivity index (χ3v) is 3.63. The third kappa shape index (κ3) is 0.899. The first kappa shape index (κ1) is 8.10. The van der Waals surface area contributed by atoms with Gasteiger partial charge in [0.2, 0.25) is 0 Å². The summed E-state index contributed by atoms with van der Waals surface area (Å²) in [5, 5.41) is 0. The maximum Gasteiger partial charge on any atom is 0.0518 e. The van der Waals surface area contributed by atoms with E-state index in [1.54, 1.807) is 5.56 Å². The topological polar surface area (TPSA) is 3.24 Å². The number of benzene rings is 1. The average Bonchev–Trinajstić information content (AvgIpc) is 2.71. The first-order valence-corrected chi connectivity index (χ1v) is 5.30. The van der Waals surface area contributed by atoms with Gasteiger partial charge in [-0.25, -0.2) is 0 Å². The van der Waals surface area contributed by atoms with Crippen molar-refractivity contribution < 1.29 is 0 Å². The Balaban J connectivity index is 2.15. The van der Waals surface area contributed by atoms with Crippen molar-refractivity contribution in [2.45, 2.75) is 26.3 Å². The first-order chi connectivity index (χ1) is 6.77. The average molecular weight is 185 g/mol. The van der Waals surface area contributed by atoms with E-state index in [1.807, 2.05) is 0 Å². The van der Waals surface area contributed by atoms with Gasteiger partial charge in [-0.05, 0) is 43.0 Å². The maximum atomic E-state index is 2.50. The lowest BCUT2D eigenvalue weighted by Crippen LogP contribution is -2.24. The smallest absolute Gasteiger partial charge is 0.0518 e. The molecule has 1 nitrogen and oxygen atoms in total. The second-order valence-corrected chi connectivity index (χ2v) is 4.36. The third-order valence-electron chi connectivity index (χ3n) is 3.63. The molecule has 1 atom stereocenters. The van der Waals surface area contributed by atoms with E-state index < -0.39 is 0 Å². The van der Waals surface area contributed by atoms with Gasteiger partial charge in [0.05, 0.1) is 6.04 Å². The summed E-state index contributed by atoms with van der Waals surface area (Å²) in [6.45, 7) is 5.55. The molecule has 0 spiro atoms. The van der Waals surface area contributed by atoms with Crippen molar-refractivity contribution in [1.82, 2.24) is 0 Å². The molecule has 0 aromatic heterocycles. The molecule has 1 aromatic carbocycles. The summed E-state index contributed by atoms with van der Waals surface area (Å²) in [7, 11) is 0. The van der Waals surface area contributed by atoms with Crippen molar-refractivity contribution >= 4 is 5.69 Å². The number of anilines is 1. The fourth-order valence-electron chi connectivity index (χ4n) is 2.62. The molecule has 0 saturated heterocycles. The molecule has 2 aliphatic heterocycles. The molecule has 0 bridgehead atoms. The Bertz CT molecular complexity index is 417. The van der Waals surface area contributed by atoms with E-state index in [0.717, 1.165) is 6.54 Å². The Hall–Kier alpha value is -1.24. The van der Waals surface area contributed by atoms with E-state index >= 15 is 0 Å². The minimum Gasteiger partial charge on any atom is -0.361 e. The lowest BCUT2D eigenvalue weighted by Gasteiger charge is -2.18. The van der Waals surface area contributed by atoms with Crippen molar-refractivity contribution in [2.75, 3.05) is 11.4 Å². The monoisotopic (exact) mass is 185 g/mol. The van der Waals surface area contributed by atoms with Crippen molar-refractivity contribution in [3.63, 3.8) is 0 Å². The Labute approximate surface area is 85.0 Å². The first-order valence-electron chi connectivity index (χ1n) is 5.30. The van der Waals surface area contributed by atoms with Crippen molar-refractivity contribution in [3.8, 4) is 0 Å². The van der Waals surface area contributed by atoms with Crippen molar-refractivity contribution in [1.29, 1.82) is 0 Å². The Morgan fingerprint density at radius 3 is 3.00 bits per heavy atom. The summed E-state index contributed by atoms with van der Waals surface area (Å²) in [4.78, 5) is 2.50.